The van der Waals surface area contributed by atoms with E-state index < -0.39 is 4.92 Å². The maximum Gasteiger partial charge on any atom is 0.269 e. The Hall–Kier alpha value is -1.88. The van der Waals surface area contributed by atoms with E-state index in [9.17, 15) is 10.1 Å². The number of rotatable bonds is 2. The molecular weight excluding hydrogens is 218 g/mol. The Morgan fingerprint density at radius 2 is 1.93 bits per heavy atom. The van der Waals surface area contributed by atoms with Crippen molar-refractivity contribution in [2.75, 3.05) is 0 Å². The molecule has 0 aliphatic carbocycles. The van der Waals surface area contributed by atoms with E-state index >= 15 is 0 Å². The summed E-state index contributed by atoms with van der Waals surface area (Å²) in [5.41, 5.74) is 0.734. The number of nitro groups is 1. The Morgan fingerprint density at radius 1 is 1.27 bits per heavy atom. The summed E-state index contributed by atoms with van der Waals surface area (Å²) in [5, 5.41) is 14.9. The van der Waals surface area contributed by atoms with Gasteiger partial charge in [0.25, 0.3) is 5.69 Å². The molecule has 1 heterocycles. The third-order valence-electron chi connectivity index (χ3n) is 1.90. The van der Waals surface area contributed by atoms with Gasteiger partial charge >= 0.3 is 0 Å². The fourth-order valence-electron chi connectivity index (χ4n) is 1.19. The van der Waals surface area contributed by atoms with Crippen molar-refractivity contribution < 1.29 is 4.92 Å². The van der Waals surface area contributed by atoms with Gasteiger partial charge in [0.1, 0.15) is 5.15 Å². The molecule has 5 nitrogen and oxygen atoms in total. The zero-order valence-corrected chi connectivity index (χ0v) is 8.26. The average molecular weight is 224 g/mol. The van der Waals surface area contributed by atoms with Crippen LogP contribution in [0.1, 0.15) is 0 Å². The SMILES string of the molecule is O=[N+]([O-])c1ccc(-n2nccc2Cl)cc1. The van der Waals surface area contributed by atoms with Gasteiger partial charge in [-0.15, -0.1) is 0 Å². The van der Waals surface area contributed by atoms with Gasteiger partial charge in [-0.25, -0.2) is 4.68 Å². The van der Waals surface area contributed by atoms with Gasteiger partial charge in [0, 0.05) is 12.1 Å². The van der Waals surface area contributed by atoms with E-state index in [2.05, 4.69) is 5.10 Å². The van der Waals surface area contributed by atoms with Crippen LogP contribution in [0.25, 0.3) is 5.69 Å². The molecule has 0 amide bonds. The lowest BCUT2D eigenvalue weighted by Crippen LogP contribution is -1.96. The summed E-state index contributed by atoms with van der Waals surface area (Å²) in [7, 11) is 0. The van der Waals surface area contributed by atoms with Gasteiger partial charge in [0.15, 0.2) is 0 Å². The standard InChI is InChI=1S/C9H6ClN3O2/c10-9-5-6-11-12(9)7-1-3-8(4-2-7)13(14)15/h1-6H. The summed E-state index contributed by atoms with van der Waals surface area (Å²) < 4.78 is 1.49. The third kappa shape index (κ3) is 1.82. The van der Waals surface area contributed by atoms with E-state index in [1.165, 1.54) is 16.8 Å². The molecule has 2 aromatic rings. The highest BCUT2D eigenvalue weighted by Gasteiger charge is 2.06. The molecule has 0 fully saturated rings. The average Bonchev–Trinajstić information content (AvgIpc) is 2.65. The number of aromatic nitrogens is 2. The number of hydrogen-bond acceptors (Lipinski definition) is 3. The maximum absolute atomic E-state index is 10.4. The lowest BCUT2D eigenvalue weighted by Gasteiger charge is -2.01. The molecule has 1 aromatic heterocycles. The number of halogens is 1. The predicted molar refractivity (Wildman–Crippen MR) is 55.2 cm³/mol. The van der Waals surface area contributed by atoms with Crippen LogP contribution in [0.2, 0.25) is 5.15 Å². The smallest absolute Gasteiger partial charge is 0.258 e. The Kier molecular flexibility index (Phi) is 2.39. The fraction of sp³-hybridized carbons (Fsp3) is 0. The number of nitro benzene ring substituents is 1. The van der Waals surface area contributed by atoms with E-state index in [-0.39, 0.29) is 5.69 Å². The molecule has 0 aliphatic heterocycles. The molecule has 2 rings (SSSR count). The summed E-state index contributed by atoms with van der Waals surface area (Å²) in [4.78, 5) is 9.97. The first-order chi connectivity index (χ1) is 7.18. The molecule has 6 heteroatoms. The lowest BCUT2D eigenvalue weighted by molar-refractivity contribution is -0.384. The molecule has 0 atom stereocenters. The Bertz CT molecular complexity index is 492. The van der Waals surface area contributed by atoms with Crippen LogP contribution in [-0.4, -0.2) is 14.7 Å². The van der Waals surface area contributed by atoms with Crippen molar-refractivity contribution in [1.82, 2.24) is 9.78 Å². The Balaban J connectivity index is 2.40. The first-order valence-electron chi connectivity index (χ1n) is 4.13. The highest BCUT2D eigenvalue weighted by molar-refractivity contribution is 6.29. The summed E-state index contributed by atoms with van der Waals surface area (Å²) in [5.74, 6) is 0. The van der Waals surface area contributed by atoms with Gasteiger partial charge in [-0.1, -0.05) is 11.6 Å². The number of non-ortho nitro benzene ring substituents is 1. The van der Waals surface area contributed by atoms with E-state index in [0.717, 1.165) is 0 Å². The quantitative estimate of drug-likeness (QED) is 0.580. The highest BCUT2D eigenvalue weighted by Crippen LogP contribution is 2.18. The van der Waals surface area contributed by atoms with Gasteiger partial charge in [0.05, 0.1) is 16.8 Å². The minimum atomic E-state index is -0.450. The maximum atomic E-state index is 10.4. The second kappa shape index (κ2) is 3.70. The van der Waals surface area contributed by atoms with Crippen LogP contribution >= 0.6 is 11.6 Å². The van der Waals surface area contributed by atoms with E-state index in [1.807, 2.05) is 0 Å². The number of hydrogen-bond donors (Lipinski definition) is 0. The molecule has 0 radical (unpaired) electrons. The summed E-state index contributed by atoms with van der Waals surface area (Å²) in [6.45, 7) is 0. The topological polar surface area (TPSA) is 61.0 Å². The molecule has 0 N–H and O–H groups in total. The van der Waals surface area contributed by atoms with Crippen LogP contribution in [0.4, 0.5) is 5.69 Å². The van der Waals surface area contributed by atoms with Gasteiger partial charge < -0.3 is 0 Å². The van der Waals surface area contributed by atoms with Crippen molar-refractivity contribution in [2.24, 2.45) is 0 Å². The molecular formula is C9H6ClN3O2. The molecule has 0 saturated carbocycles. The summed E-state index contributed by atoms with van der Waals surface area (Å²) in [6.07, 6.45) is 1.56. The zero-order chi connectivity index (χ0) is 10.8. The van der Waals surface area contributed by atoms with Crippen LogP contribution in [0.15, 0.2) is 36.5 Å². The number of nitrogens with zero attached hydrogens (tertiary/aromatic N) is 3. The largest absolute Gasteiger partial charge is 0.269 e. The van der Waals surface area contributed by atoms with Crippen LogP contribution in [-0.2, 0) is 0 Å². The highest BCUT2D eigenvalue weighted by atomic mass is 35.5. The zero-order valence-electron chi connectivity index (χ0n) is 7.50. The fourth-order valence-corrected chi connectivity index (χ4v) is 1.39. The van der Waals surface area contributed by atoms with Crippen molar-refractivity contribution in [3.63, 3.8) is 0 Å². The third-order valence-corrected chi connectivity index (χ3v) is 2.19. The van der Waals surface area contributed by atoms with Crippen molar-refractivity contribution in [3.05, 3.63) is 51.8 Å². The molecule has 15 heavy (non-hydrogen) atoms. The van der Waals surface area contributed by atoms with Gasteiger partial charge in [-0.2, -0.15) is 5.10 Å². The van der Waals surface area contributed by atoms with Gasteiger partial charge in [-0.05, 0) is 18.2 Å². The normalized spacial score (nSPS) is 10.2. The monoisotopic (exact) mass is 223 g/mol. The van der Waals surface area contributed by atoms with Crippen molar-refractivity contribution in [3.8, 4) is 5.69 Å². The summed E-state index contributed by atoms with van der Waals surface area (Å²) >= 11 is 5.84. The number of benzene rings is 1. The minimum Gasteiger partial charge on any atom is -0.258 e. The summed E-state index contributed by atoms with van der Waals surface area (Å²) in [6, 6.07) is 7.65. The van der Waals surface area contributed by atoms with E-state index in [4.69, 9.17) is 11.6 Å². The Labute approximate surface area is 90.1 Å². The second-order valence-electron chi connectivity index (χ2n) is 2.84. The predicted octanol–water partition coefficient (Wildman–Crippen LogP) is 2.43. The van der Waals surface area contributed by atoms with Crippen LogP contribution < -0.4 is 0 Å². The minimum absolute atomic E-state index is 0.0435. The van der Waals surface area contributed by atoms with Gasteiger partial charge in [-0.3, -0.25) is 10.1 Å². The molecule has 0 spiro atoms. The molecule has 1 aromatic carbocycles. The second-order valence-corrected chi connectivity index (χ2v) is 3.23. The van der Waals surface area contributed by atoms with Crippen LogP contribution in [0, 0.1) is 10.1 Å². The molecule has 0 bridgehead atoms. The lowest BCUT2D eigenvalue weighted by atomic mass is 10.3. The first-order valence-corrected chi connectivity index (χ1v) is 4.50. The van der Waals surface area contributed by atoms with Crippen LogP contribution in [0.3, 0.4) is 0 Å². The molecule has 0 saturated heterocycles. The van der Waals surface area contributed by atoms with Crippen molar-refractivity contribution in [1.29, 1.82) is 0 Å². The first kappa shape index (κ1) is 9.67. The van der Waals surface area contributed by atoms with Crippen LogP contribution in [0.5, 0.6) is 0 Å². The van der Waals surface area contributed by atoms with Gasteiger partial charge in [0.2, 0.25) is 0 Å². The Morgan fingerprint density at radius 3 is 2.40 bits per heavy atom. The van der Waals surface area contributed by atoms with E-state index in [1.54, 1.807) is 24.4 Å². The van der Waals surface area contributed by atoms with Crippen molar-refractivity contribution >= 4 is 17.3 Å². The molecule has 76 valence electrons. The van der Waals surface area contributed by atoms with E-state index in [0.29, 0.717) is 10.8 Å². The van der Waals surface area contributed by atoms with Crippen molar-refractivity contribution in [2.45, 2.75) is 0 Å². The molecule has 0 unspecified atom stereocenters. The molecule has 0 aliphatic rings.